The number of rotatable bonds is 10. The third kappa shape index (κ3) is 5.89. The van der Waals surface area contributed by atoms with Crippen molar-refractivity contribution in [1.82, 2.24) is 15.3 Å². The predicted molar refractivity (Wildman–Crippen MR) is 137 cm³/mol. The van der Waals surface area contributed by atoms with Gasteiger partial charge in [0, 0.05) is 5.69 Å². The van der Waals surface area contributed by atoms with Crippen LogP contribution in [0, 0.1) is 0 Å². The Morgan fingerprint density at radius 2 is 1.81 bits per heavy atom. The van der Waals surface area contributed by atoms with E-state index in [0.717, 1.165) is 12.0 Å². The minimum atomic E-state index is -1.02. The number of hydrogen-bond donors (Lipinski definition) is 2. The van der Waals surface area contributed by atoms with Crippen molar-refractivity contribution >= 4 is 40.7 Å². The summed E-state index contributed by atoms with van der Waals surface area (Å²) in [5, 5.41) is 4.14. The van der Waals surface area contributed by atoms with Crippen molar-refractivity contribution < 1.29 is 23.5 Å². The van der Waals surface area contributed by atoms with Crippen molar-refractivity contribution in [3.63, 3.8) is 0 Å². The van der Waals surface area contributed by atoms with Gasteiger partial charge in [0.05, 0.1) is 25.8 Å². The van der Waals surface area contributed by atoms with E-state index in [-0.39, 0.29) is 29.7 Å². The Balaban J connectivity index is 1.48. The first-order valence-corrected chi connectivity index (χ1v) is 11.9. The summed E-state index contributed by atoms with van der Waals surface area (Å²) in [6, 6.07) is 18.4. The first-order valence-electron chi connectivity index (χ1n) is 11.5. The lowest BCUT2D eigenvalue weighted by Crippen LogP contribution is -2.49. The van der Waals surface area contributed by atoms with Gasteiger partial charge in [-0.05, 0) is 60.6 Å². The molecule has 0 saturated carbocycles. The smallest absolute Gasteiger partial charge is 0.305 e. The standard InChI is InChI=1S/C26H26N4O5S/c1-2-14-34-20-12-10-19(11-13-20)27-23(31)16-21-25(33)29(17-18-7-4-3-5-8-18)26(36)30(21)28-24(32)22-9-6-15-35-22/h3-13,15,21H,2,14,16-17H2,1H3,(H,27,31)(H,28,32). The molecule has 1 atom stereocenters. The lowest BCUT2D eigenvalue weighted by atomic mass is 10.1. The Kier molecular flexibility index (Phi) is 7.96. The summed E-state index contributed by atoms with van der Waals surface area (Å²) in [5.74, 6) is -0.612. The molecule has 9 nitrogen and oxygen atoms in total. The van der Waals surface area contributed by atoms with Crippen LogP contribution in [0.25, 0.3) is 0 Å². The molecule has 0 aliphatic carbocycles. The van der Waals surface area contributed by atoms with Crippen LogP contribution in [0.4, 0.5) is 5.69 Å². The van der Waals surface area contributed by atoms with Gasteiger partial charge >= 0.3 is 5.91 Å². The average molecular weight is 507 g/mol. The molecular formula is C26H26N4O5S. The van der Waals surface area contributed by atoms with Gasteiger partial charge in [-0.15, -0.1) is 0 Å². The van der Waals surface area contributed by atoms with Crippen LogP contribution in [0.3, 0.4) is 0 Å². The summed E-state index contributed by atoms with van der Waals surface area (Å²) in [7, 11) is 0. The van der Waals surface area contributed by atoms with Gasteiger partial charge in [-0.2, -0.15) is 0 Å². The fraction of sp³-hybridized carbons (Fsp3) is 0.231. The van der Waals surface area contributed by atoms with Crippen molar-refractivity contribution in [2.75, 3.05) is 11.9 Å². The molecule has 36 heavy (non-hydrogen) atoms. The van der Waals surface area contributed by atoms with E-state index in [1.54, 1.807) is 30.3 Å². The summed E-state index contributed by atoms with van der Waals surface area (Å²) in [5.41, 5.74) is 4.05. The third-order valence-corrected chi connectivity index (χ3v) is 5.86. The second kappa shape index (κ2) is 11.5. The molecule has 186 valence electrons. The maximum absolute atomic E-state index is 13.4. The molecule has 1 saturated heterocycles. The Morgan fingerprint density at radius 1 is 1.06 bits per heavy atom. The molecule has 0 spiro atoms. The van der Waals surface area contributed by atoms with Gasteiger partial charge in [0.1, 0.15) is 11.8 Å². The fourth-order valence-electron chi connectivity index (χ4n) is 3.68. The summed E-state index contributed by atoms with van der Waals surface area (Å²) in [6.07, 6.45) is 2.04. The Labute approximate surface area is 214 Å². The molecule has 0 bridgehead atoms. The van der Waals surface area contributed by atoms with Crippen LogP contribution in [0.15, 0.2) is 77.4 Å². The highest BCUT2D eigenvalue weighted by atomic mass is 32.1. The normalized spacial score (nSPS) is 15.2. The highest BCUT2D eigenvalue weighted by Crippen LogP contribution is 2.23. The molecule has 3 aromatic rings. The Bertz CT molecular complexity index is 1210. The molecule has 1 aliphatic rings. The van der Waals surface area contributed by atoms with E-state index in [1.807, 2.05) is 37.3 Å². The number of carbonyl (C=O) groups excluding carboxylic acids is 3. The Hall–Kier alpha value is -4.18. The third-order valence-electron chi connectivity index (χ3n) is 5.44. The molecule has 2 heterocycles. The summed E-state index contributed by atoms with van der Waals surface area (Å²) in [6.45, 7) is 2.84. The number of carbonyl (C=O) groups is 3. The highest BCUT2D eigenvalue weighted by Gasteiger charge is 2.44. The highest BCUT2D eigenvalue weighted by molar-refractivity contribution is 7.80. The van der Waals surface area contributed by atoms with E-state index < -0.39 is 17.9 Å². The average Bonchev–Trinajstić information content (AvgIpc) is 3.50. The zero-order valence-corrected chi connectivity index (χ0v) is 20.5. The van der Waals surface area contributed by atoms with E-state index in [4.69, 9.17) is 21.4 Å². The van der Waals surface area contributed by atoms with E-state index in [2.05, 4.69) is 10.7 Å². The zero-order valence-electron chi connectivity index (χ0n) is 19.7. The molecule has 4 rings (SSSR count). The number of furan rings is 1. The van der Waals surface area contributed by atoms with Crippen LogP contribution in [-0.4, -0.2) is 45.4 Å². The first-order chi connectivity index (χ1) is 17.5. The number of benzene rings is 2. The molecule has 1 aromatic heterocycles. The van der Waals surface area contributed by atoms with Crippen molar-refractivity contribution in [3.05, 3.63) is 84.3 Å². The summed E-state index contributed by atoms with van der Waals surface area (Å²) < 4.78 is 10.7. The molecule has 1 fully saturated rings. The maximum atomic E-state index is 13.4. The second-order valence-corrected chi connectivity index (χ2v) is 8.49. The first kappa shape index (κ1) is 24.9. The van der Waals surface area contributed by atoms with Gasteiger partial charge in [-0.3, -0.25) is 24.7 Å². The largest absolute Gasteiger partial charge is 0.494 e. The number of amides is 3. The zero-order chi connectivity index (χ0) is 25.5. The number of hydrazine groups is 1. The topological polar surface area (TPSA) is 104 Å². The Morgan fingerprint density at radius 3 is 2.47 bits per heavy atom. The van der Waals surface area contributed by atoms with Gasteiger partial charge < -0.3 is 14.5 Å². The molecule has 1 aliphatic heterocycles. The molecule has 1 unspecified atom stereocenters. The van der Waals surface area contributed by atoms with Gasteiger partial charge in [0.2, 0.25) is 5.91 Å². The van der Waals surface area contributed by atoms with E-state index in [9.17, 15) is 14.4 Å². The van der Waals surface area contributed by atoms with Gasteiger partial charge in [-0.1, -0.05) is 37.3 Å². The van der Waals surface area contributed by atoms with Gasteiger partial charge in [0.15, 0.2) is 10.9 Å². The number of nitrogens with one attached hydrogen (secondary N) is 2. The number of hydrogen-bond acceptors (Lipinski definition) is 6. The molecular weight excluding hydrogens is 480 g/mol. The summed E-state index contributed by atoms with van der Waals surface area (Å²) in [4.78, 5) is 40.3. The SMILES string of the molecule is CCCOc1ccc(NC(=O)CC2C(=O)N(Cc3ccccc3)C(=S)N2NC(=O)c2ccco2)cc1. The monoisotopic (exact) mass is 506 g/mol. The van der Waals surface area contributed by atoms with Crippen molar-refractivity contribution in [3.8, 4) is 5.75 Å². The van der Waals surface area contributed by atoms with Crippen LogP contribution in [0.2, 0.25) is 0 Å². The molecule has 3 amide bonds. The lowest BCUT2D eigenvalue weighted by Gasteiger charge is -2.23. The van der Waals surface area contributed by atoms with E-state index in [0.29, 0.717) is 18.0 Å². The van der Waals surface area contributed by atoms with Crippen LogP contribution in [0.5, 0.6) is 5.75 Å². The minimum Gasteiger partial charge on any atom is -0.494 e. The number of ether oxygens (including phenoxy) is 1. The molecule has 0 radical (unpaired) electrons. The van der Waals surface area contributed by atoms with Crippen LogP contribution in [0.1, 0.15) is 35.9 Å². The van der Waals surface area contributed by atoms with E-state index >= 15 is 0 Å². The quantitative estimate of drug-likeness (QED) is 0.404. The predicted octanol–water partition coefficient (Wildman–Crippen LogP) is 3.74. The van der Waals surface area contributed by atoms with Crippen molar-refractivity contribution in [2.24, 2.45) is 0 Å². The van der Waals surface area contributed by atoms with Crippen LogP contribution < -0.4 is 15.5 Å². The van der Waals surface area contributed by atoms with Crippen LogP contribution in [-0.2, 0) is 16.1 Å². The number of thiocarbonyl (C=S) groups is 1. The lowest BCUT2D eigenvalue weighted by molar-refractivity contribution is -0.131. The van der Waals surface area contributed by atoms with Gasteiger partial charge in [-0.25, -0.2) is 5.01 Å². The minimum absolute atomic E-state index is 0.0559. The van der Waals surface area contributed by atoms with E-state index in [1.165, 1.54) is 22.2 Å². The van der Waals surface area contributed by atoms with Crippen LogP contribution >= 0.6 is 12.2 Å². The van der Waals surface area contributed by atoms with Gasteiger partial charge in [0.25, 0.3) is 5.91 Å². The fourth-order valence-corrected chi connectivity index (χ4v) is 4.01. The molecule has 2 N–H and O–H groups in total. The second-order valence-electron chi connectivity index (χ2n) is 8.12. The maximum Gasteiger partial charge on any atom is 0.305 e. The molecule has 2 aromatic carbocycles. The van der Waals surface area contributed by atoms with Crippen molar-refractivity contribution in [2.45, 2.75) is 32.4 Å². The number of anilines is 1. The summed E-state index contributed by atoms with van der Waals surface area (Å²) >= 11 is 5.53. The number of nitrogens with zero attached hydrogens (tertiary/aromatic N) is 2. The van der Waals surface area contributed by atoms with Crippen molar-refractivity contribution in [1.29, 1.82) is 0 Å². The molecule has 10 heteroatoms.